The number of carbonyl (C=O) groups excluding carboxylic acids is 4. The normalized spacial score (nSPS) is 16.6. The molecule has 1 aromatic carbocycles. The average Bonchev–Trinajstić information content (AvgIpc) is 3.64. The molecule has 0 saturated heterocycles. The fourth-order valence-corrected chi connectivity index (χ4v) is 6.82. The highest BCUT2D eigenvalue weighted by Gasteiger charge is 2.35. The molecule has 12 nitrogen and oxygen atoms in total. The van der Waals surface area contributed by atoms with E-state index in [9.17, 15) is 29.2 Å². The summed E-state index contributed by atoms with van der Waals surface area (Å²) in [6, 6.07) is 6.09. The summed E-state index contributed by atoms with van der Waals surface area (Å²) >= 11 is 0. The Kier molecular flexibility index (Phi) is 15.7. The maximum absolute atomic E-state index is 13.7. The lowest BCUT2D eigenvalue weighted by molar-refractivity contribution is -0.132. The van der Waals surface area contributed by atoms with Crippen LogP contribution in [0.2, 0.25) is 0 Å². The molecular formula is C34H55BN6O6. The summed E-state index contributed by atoms with van der Waals surface area (Å²) in [5.74, 6) is -1.70. The third-order valence-electron chi connectivity index (χ3n) is 9.32. The Hall–Kier alpha value is -3.45. The molecule has 1 aromatic rings. The van der Waals surface area contributed by atoms with E-state index in [1.165, 1.54) is 4.90 Å². The minimum absolute atomic E-state index is 0.0421. The Morgan fingerprint density at radius 3 is 2.06 bits per heavy atom. The summed E-state index contributed by atoms with van der Waals surface area (Å²) in [6.45, 7) is 4.59. The molecule has 13 heteroatoms. The Morgan fingerprint density at radius 2 is 1.49 bits per heavy atom. The van der Waals surface area contributed by atoms with Crippen LogP contribution in [-0.4, -0.2) is 76.7 Å². The number of rotatable bonds is 21. The van der Waals surface area contributed by atoms with E-state index in [2.05, 4.69) is 15.6 Å². The molecule has 3 atom stereocenters. The van der Waals surface area contributed by atoms with E-state index in [0.29, 0.717) is 43.5 Å². The number of hydrogen-bond acceptors (Lipinski definition) is 7. The summed E-state index contributed by atoms with van der Waals surface area (Å²) in [7, 11) is -1.71. The second-order valence-electron chi connectivity index (χ2n) is 13.5. The molecular weight excluding hydrogens is 599 g/mol. The molecule has 0 bridgehead atoms. The monoisotopic (exact) mass is 654 g/mol. The number of unbranched alkanes of at least 4 members (excludes halogenated alkanes) is 5. The van der Waals surface area contributed by atoms with Gasteiger partial charge in [0.15, 0.2) is 5.96 Å². The van der Waals surface area contributed by atoms with Gasteiger partial charge in [-0.3, -0.25) is 29.1 Å². The second-order valence-corrected chi connectivity index (χ2v) is 13.5. The minimum atomic E-state index is -1.71. The summed E-state index contributed by atoms with van der Waals surface area (Å²) in [5, 5.41) is 25.4. The van der Waals surface area contributed by atoms with Gasteiger partial charge in [-0.05, 0) is 68.9 Å². The molecule has 0 aromatic heterocycles. The number of guanidine groups is 1. The number of aliphatic imine (C=N–C) groups is 1. The molecule has 0 radical (unpaired) electrons. The Morgan fingerprint density at radius 1 is 0.894 bits per heavy atom. The maximum Gasteiger partial charge on any atom is 0.475 e. The van der Waals surface area contributed by atoms with Crippen LogP contribution < -0.4 is 22.1 Å². The zero-order valence-electron chi connectivity index (χ0n) is 28.2. The molecule has 1 unspecified atom stereocenters. The van der Waals surface area contributed by atoms with Gasteiger partial charge in [-0.1, -0.05) is 70.9 Å². The van der Waals surface area contributed by atoms with E-state index in [0.717, 1.165) is 70.6 Å². The summed E-state index contributed by atoms with van der Waals surface area (Å²) in [5.41, 5.74) is 11.9. The molecule has 3 rings (SSSR count). The van der Waals surface area contributed by atoms with E-state index in [1.54, 1.807) is 24.3 Å². The molecule has 2 aliphatic rings. The van der Waals surface area contributed by atoms with Crippen molar-refractivity contribution in [2.24, 2.45) is 34.2 Å². The lowest BCUT2D eigenvalue weighted by atomic mass is 9.75. The fraction of sp³-hybridized carbons (Fsp3) is 0.676. The molecule has 1 aliphatic carbocycles. The first-order valence-electron chi connectivity index (χ1n) is 17.5. The zero-order chi connectivity index (χ0) is 34.3. The average molecular weight is 655 g/mol. The molecule has 0 spiro atoms. The summed E-state index contributed by atoms with van der Waals surface area (Å²) in [6.07, 6.45) is 11.6. The molecule has 4 amide bonds. The van der Waals surface area contributed by atoms with Crippen LogP contribution >= 0.6 is 0 Å². The maximum atomic E-state index is 13.7. The molecule has 1 saturated carbocycles. The fourth-order valence-electron chi connectivity index (χ4n) is 6.82. The van der Waals surface area contributed by atoms with E-state index in [-0.39, 0.29) is 41.4 Å². The third kappa shape index (κ3) is 11.9. The first kappa shape index (κ1) is 38.0. The van der Waals surface area contributed by atoms with Crippen LogP contribution in [0.4, 0.5) is 0 Å². The van der Waals surface area contributed by atoms with Crippen molar-refractivity contribution in [1.29, 1.82) is 0 Å². The number of carbonyl (C=O) groups is 4. The highest BCUT2D eigenvalue weighted by atomic mass is 16.4. The number of hydrogen-bond donors (Lipinski definition) is 6. The summed E-state index contributed by atoms with van der Waals surface area (Å²) in [4.78, 5) is 57.5. The van der Waals surface area contributed by atoms with E-state index in [1.807, 2.05) is 13.8 Å². The largest absolute Gasteiger partial charge is 0.475 e. The van der Waals surface area contributed by atoms with Crippen molar-refractivity contribution in [2.75, 3.05) is 13.1 Å². The van der Waals surface area contributed by atoms with Crippen LogP contribution in [0, 0.1) is 17.8 Å². The van der Waals surface area contributed by atoms with Gasteiger partial charge in [0.05, 0.1) is 17.1 Å². The van der Waals surface area contributed by atoms with Crippen LogP contribution in [0.5, 0.6) is 0 Å². The minimum Gasteiger partial charge on any atom is -0.426 e. The number of nitrogens with zero attached hydrogens (tertiary/aromatic N) is 2. The van der Waals surface area contributed by atoms with E-state index < -0.39 is 25.0 Å². The molecule has 1 fully saturated rings. The SMILES string of the molecule is CC(C)C[C@H](NC(=O)[C@H](CCCN=C(N)N)NC(=O)C(CCCCCCCCN1C(=O)c2ccccc2C1=O)C1CCCC1)B(O)O. The van der Waals surface area contributed by atoms with Crippen molar-refractivity contribution in [2.45, 2.75) is 116 Å². The van der Waals surface area contributed by atoms with Gasteiger partial charge in [-0.2, -0.15) is 0 Å². The first-order valence-corrected chi connectivity index (χ1v) is 17.5. The van der Waals surface area contributed by atoms with Crippen molar-refractivity contribution in [3.63, 3.8) is 0 Å². The summed E-state index contributed by atoms with van der Waals surface area (Å²) < 4.78 is 0. The van der Waals surface area contributed by atoms with Crippen molar-refractivity contribution in [3.05, 3.63) is 35.4 Å². The van der Waals surface area contributed by atoms with Crippen LogP contribution in [0.15, 0.2) is 29.3 Å². The zero-order valence-corrected chi connectivity index (χ0v) is 28.2. The van der Waals surface area contributed by atoms with Crippen LogP contribution in [0.25, 0.3) is 0 Å². The number of nitrogens with two attached hydrogens (primary N) is 2. The number of nitrogens with one attached hydrogen (secondary N) is 2. The van der Waals surface area contributed by atoms with Gasteiger partial charge in [0, 0.05) is 19.0 Å². The lowest BCUT2D eigenvalue weighted by Gasteiger charge is -2.27. The van der Waals surface area contributed by atoms with Crippen molar-refractivity contribution < 1.29 is 29.2 Å². The standard InChI is InChI=1S/C34H55BN6O6/c1-23(2)22-29(35(46)47)40-31(43)28(19-13-20-38-34(36)37)39-30(42)25(24-14-8-9-15-24)16-7-5-3-4-6-12-21-41-32(44)26-17-10-11-18-27(26)33(41)45/h10-11,17-18,23-25,28-29,46-47H,3-9,12-16,19-22H2,1-2H3,(H,39,42)(H,40,43)(H4,36,37,38)/t25?,28-,29-/m0/s1. The Bertz CT molecular complexity index is 1180. The van der Waals surface area contributed by atoms with Crippen molar-refractivity contribution in [1.82, 2.24) is 15.5 Å². The lowest BCUT2D eigenvalue weighted by Crippen LogP contribution is -2.55. The number of imide groups is 1. The number of benzene rings is 1. The van der Waals surface area contributed by atoms with Gasteiger partial charge in [0.2, 0.25) is 11.8 Å². The number of amides is 4. The van der Waals surface area contributed by atoms with Gasteiger partial charge in [-0.25, -0.2) is 0 Å². The quantitative estimate of drug-likeness (QED) is 0.0382. The van der Waals surface area contributed by atoms with Crippen molar-refractivity contribution >= 4 is 36.7 Å². The van der Waals surface area contributed by atoms with Crippen LogP contribution in [0.3, 0.4) is 0 Å². The van der Waals surface area contributed by atoms with Crippen molar-refractivity contribution in [3.8, 4) is 0 Å². The van der Waals surface area contributed by atoms with Gasteiger partial charge < -0.3 is 32.1 Å². The van der Waals surface area contributed by atoms with E-state index >= 15 is 0 Å². The van der Waals surface area contributed by atoms with Gasteiger partial charge in [0.1, 0.15) is 6.04 Å². The molecule has 260 valence electrons. The molecule has 1 aliphatic heterocycles. The van der Waals surface area contributed by atoms with E-state index in [4.69, 9.17) is 11.5 Å². The predicted molar refractivity (Wildman–Crippen MR) is 183 cm³/mol. The van der Waals surface area contributed by atoms with Gasteiger partial charge in [-0.15, -0.1) is 0 Å². The van der Waals surface area contributed by atoms with Crippen LogP contribution in [0.1, 0.15) is 124 Å². The first-order chi connectivity index (χ1) is 22.5. The Balaban J connectivity index is 1.49. The molecule has 8 N–H and O–H groups in total. The van der Waals surface area contributed by atoms with Gasteiger partial charge in [0.25, 0.3) is 11.8 Å². The second kappa shape index (κ2) is 19.4. The highest BCUT2D eigenvalue weighted by molar-refractivity contribution is 6.43. The molecule has 1 heterocycles. The smallest absolute Gasteiger partial charge is 0.426 e. The van der Waals surface area contributed by atoms with Gasteiger partial charge >= 0.3 is 7.12 Å². The highest BCUT2D eigenvalue weighted by Crippen LogP contribution is 2.34. The topological polar surface area (TPSA) is 200 Å². The molecule has 47 heavy (non-hydrogen) atoms. The van der Waals surface area contributed by atoms with Crippen LogP contribution in [-0.2, 0) is 9.59 Å². The predicted octanol–water partition coefficient (Wildman–Crippen LogP) is 2.90. The number of fused-ring (bicyclic) bond motifs is 1. The third-order valence-corrected chi connectivity index (χ3v) is 9.32. The Labute approximate surface area is 279 Å².